The predicted octanol–water partition coefficient (Wildman–Crippen LogP) is 1.47. The van der Waals surface area contributed by atoms with E-state index in [4.69, 9.17) is 33.6 Å². The summed E-state index contributed by atoms with van der Waals surface area (Å²) in [5.41, 5.74) is 0. The molecule has 0 aromatic rings. The highest BCUT2D eigenvalue weighted by molar-refractivity contribution is 7.60. The van der Waals surface area contributed by atoms with Crippen LogP contribution in [-0.4, -0.2) is 74.1 Å². The smallest absolute Gasteiger partial charge is 0.379 e. The van der Waals surface area contributed by atoms with Crippen LogP contribution in [0.5, 0.6) is 0 Å². The van der Waals surface area contributed by atoms with E-state index in [1.807, 2.05) is 0 Å². The maximum absolute atomic E-state index is 11.1. The first-order valence-corrected chi connectivity index (χ1v) is 11.3. The number of ether oxygens (including phenoxy) is 4. The summed E-state index contributed by atoms with van der Waals surface area (Å²) < 4.78 is 50.4. The highest BCUT2D eigenvalue weighted by atomic mass is 31.3. The summed E-state index contributed by atoms with van der Waals surface area (Å²) in [7, 11) is -9.90. The van der Waals surface area contributed by atoms with Gasteiger partial charge in [0.05, 0.1) is 52.9 Å². The average Bonchev–Trinajstić information content (AvgIpc) is 2.52. The Morgan fingerprint density at radius 1 is 0.654 bits per heavy atom. The molecule has 158 valence electrons. The summed E-state index contributed by atoms with van der Waals surface area (Å²) in [4.78, 5) is 25.8. The van der Waals surface area contributed by atoms with E-state index in [0.717, 1.165) is 13.0 Å². The fourth-order valence-corrected chi connectivity index (χ4v) is 3.15. The molecule has 0 aliphatic carbocycles. The van der Waals surface area contributed by atoms with E-state index >= 15 is 0 Å². The van der Waals surface area contributed by atoms with Crippen molar-refractivity contribution in [3.05, 3.63) is 0 Å². The SMILES string of the molecule is CCCCCOCCOCCOCCOCCOP(=O)(O)OP(=O)(O)O. The largest absolute Gasteiger partial charge is 0.481 e. The van der Waals surface area contributed by atoms with Crippen LogP contribution in [0.1, 0.15) is 26.2 Å². The van der Waals surface area contributed by atoms with Crippen molar-refractivity contribution in [1.29, 1.82) is 0 Å². The van der Waals surface area contributed by atoms with Crippen molar-refractivity contribution in [3.63, 3.8) is 0 Å². The van der Waals surface area contributed by atoms with E-state index in [1.54, 1.807) is 0 Å². The Balaban J connectivity index is 3.27. The van der Waals surface area contributed by atoms with Crippen LogP contribution in [0.3, 0.4) is 0 Å². The molecule has 0 heterocycles. The fourth-order valence-electron chi connectivity index (χ4n) is 1.59. The molecule has 0 bridgehead atoms. The standard InChI is InChI=1S/C13H30O11P2/c1-2-3-4-5-19-6-7-20-8-9-21-10-11-22-12-13-23-26(17,18)24-25(14,15)16/h2-13H2,1H3,(H,17,18)(H2,14,15,16). The first kappa shape index (κ1) is 26.1. The maximum Gasteiger partial charge on any atom is 0.481 e. The second kappa shape index (κ2) is 16.1. The average molecular weight is 424 g/mol. The van der Waals surface area contributed by atoms with Gasteiger partial charge in [0.2, 0.25) is 0 Å². The van der Waals surface area contributed by atoms with Gasteiger partial charge in [-0.25, -0.2) is 9.13 Å². The molecule has 0 saturated heterocycles. The number of unbranched alkanes of at least 4 members (excludes halogenated alkanes) is 2. The van der Waals surface area contributed by atoms with Gasteiger partial charge in [0.25, 0.3) is 0 Å². The molecule has 0 aromatic heterocycles. The summed E-state index contributed by atoms with van der Waals surface area (Å²) in [6.45, 7) is 4.90. The highest BCUT2D eigenvalue weighted by Crippen LogP contribution is 2.57. The summed E-state index contributed by atoms with van der Waals surface area (Å²) in [6, 6.07) is 0. The third-order valence-corrected chi connectivity index (χ3v) is 4.89. The van der Waals surface area contributed by atoms with Crippen LogP contribution >= 0.6 is 15.6 Å². The van der Waals surface area contributed by atoms with Crippen molar-refractivity contribution in [2.24, 2.45) is 0 Å². The molecule has 26 heavy (non-hydrogen) atoms. The number of phosphoric acid groups is 2. The maximum atomic E-state index is 11.1. The molecule has 13 heteroatoms. The third-order valence-electron chi connectivity index (χ3n) is 2.70. The van der Waals surface area contributed by atoms with E-state index < -0.39 is 15.6 Å². The molecule has 1 unspecified atom stereocenters. The molecule has 0 aromatic carbocycles. The number of rotatable bonds is 19. The Morgan fingerprint density at radius 3 is 1.50 bits per heavy atom. The lowest BCUT2D eigenvalue weighted by Crippen LogP contribution is -2.13. The lowest BCUT2D eigenvalue weighted by atomic mass is 10.3. The van der Waals surface area contributed by atoms with Crippen molar-refractivity contribution in [3.8, 4) is 0 Å². The Kier molecular flexibility index (Phi) is 16.2. The lowest BCUT2D eigenvalue weighted by molar-refractivity contribution is -0.00575. The second-order valence-electron chi connectivity index (χ2n) is 5.03. The van der Waals surface area contributed by atoms with Crippen LogP contribution in [0, 0.1) is 0 Å². The first-order chi connectivity index (χ1) is 12.3. The Morgan fingerprint density at radius 2 is 1.08 bits per heavy atom. The van der Waals surface area contributed by atoms with Crippen molar-refractivity contribution >= 4 is 15.6 Å². The molecule has 0 spiro atoms. The predicted molar refractivity (Wildman–Crippen MR) is 91.7 cm³/mol. The minimum Gasteiger partial charge on any atom is -0.379 e. The van der Waals surface area contributed by atoms with Crippen molar-refractivity contribution in [2.75, 3.05) is 59.5 Å². The zero-order valence-electron chi connectivity index (χ0n) is 15.0. The third kappa shape index (κ3) is 20.4. The molecule has 11 nitrogen and oxygen atoms in total. The minimum atomic E-state index is -5.10. The topological polar surface area (TPSA) is 150 Å². The molecule has 0 aliphatic rings. The molecule has 0 saturated carbocycles. The molecule has 0 amide bonds. The summed E-state index contributed by atoms with van der Waals surface area (Å²) in [5.74, 6) is 0. The van der Waals surface area contributed by atoms with Crippen molar-refractivity contribution < 1.29 is 51.6 Å². The molecule has 1 atom stereocenters. The Bertz CT molecular complexity index is 415. The van der Waals surface area contributed by atoms with E-state index in [1.165, 1.54) is 12.8 Å². The van der Waals surface area contributed by atoms with Gasteiger partial charge in [0.15, 0.2) is 0 Å². The van der Waals surface area contributed by atoms with Crippen LogP contribution in [-0.2, 0) is 36.9 Å². The highest BCUT2D eigenvalue weighted by Gasteiger charge is 2.31. The van der Waals surface area contributed by atoms with Gasteiger partial charge in [-0.05, 0) is 6.42 Å². The number of hydrogen-bond acceptors (Lipinski definition) is 8. The summed E-state index contributed by atoms with van der Waals surface area (Å²) in [6.07, 6.45) is 3.40. The van der Waals surface area contributed by atoms with Crippen LogP contribution in [0.25, 0.3) is 0 Å². The molecule has 0 fully saturated rings. The number of hydrogen-bond donors (Lipinski definition) is 3. The van der Waals surface area contributed by atoms with E-state index in [9.17, 15) is 9.13 Å². The van der Waals surface area contributed by atoms with Crippen LogP contribution in [0.15, 0.2) is 0 Å². The van der Waals surface area contributed by atoms with E-state index in [-0.39, 0.29) is 19.8 Å². The van der Waals surface area contributed by atoms with E-state index in [2.05, 4.69) is 15.8 Å². The first-order valence-electron chi connectivity index (χ1n) is 8.32. The summed E-state index contributed by atoms with van der Waals surface area (Å²) >= 11 is 0. The van der Waals surface area contributed by atoms with Gasteiger partial charge in [0.1, 0.15) is 0 Å². The van der Waals surface area contributed by atoms with Crippen LogP contribution in [0.4, 0.5) is 0 Å². The van der Waals surface area contributed by atoms with Gasteiger partial charge in [-0.3, -0.25) is 4.52 Å². The number of phosphoric ester groups is 1. The zero-order valence-corrected chi connectivity index (χ0v) is 16.8. The molecule has 3 N–H and O–H groups in total. The van der Waals surface area contributed by atoms with Gasteiger partial charge >= 0.3 is 15.6 Å². The Hall–Kier alpha value is 0.1000. The van der Waals surface area contributed by atoms with Gasteiger partial charge < -0.3 is 33.6 Å². The van der Waals surface area contributed by atoms with Gasteiger partial charge in [-0.1, -0.05) is 19.8 Å². The van der Waals surface area contributed by atoms with Gasteiger partial charge in [0, 0.05) is 6.61 Å². The van der Waals surface area contributed by atoms with Crippen molar-refractivity contribution in [1.82, 2.24) is 0 Å². The fraction of sp³-hybridized carbons (Fsp3) is 1.00. The molecular weight excluding hydrogens is 394 g/mol. The quantitative estimate of drug-likeness (QED) is 0.204. The van der Waals surface area contributed by atoms with Crippen LogP contribution in [0.2, 0.25) is 0 Å². The van der Waals surface area contributed by atoms with Gasteiger partial charge in [-0.15, -0.1) is 0 Å². The van der Waals surface area contributed by atoms with Crippen molar-refractivity contribution in [2.45, 2.75) is 26.2 Å². The monoisotopic (exact) mass is 424 g/mol. The molecule has 0 radical (unpaired) electrons. The van der Waals surface area contributed by atoms with E-state index in [0.29, 0.717) is 33.0 Å². The second-order valence-corrected chi connectivity index (χ2v) is 7.86. The molecule has 0 aliphatic heterocycles. The molecular formula is C13H30O11P2. The Labute approximate surface area is 153 Å². The molecule has 0 rings (SSSR count). The van der Waals surface area contributed by atoms with Crippen LogP contribution < -0.4 is 0 Å². The summed E-state index contributed by atoms with van der Waals surface area (Å²) in [5, 5.41) is 0. The zero-order chi connectivity index (χ0) is 19.7. The lowest BCUT2D eigenvalue weighted by Gasteiger charge is -2.12. The normalized spacial score (nSPS) is 14.5. The minimum absolute atomic E-state index is 0.0652. The van der Waals surface area contributed by atoms with Gasteiger partial charge in [-0.2, -0.15) is 4.31 Å².